The molecule has 9 heteroatoms. The third kappa shape index (κ3) is 5.03. The van der Waals surface area contributed by atoms with Crippen LogP contribution in [-0.4, -0.2) is 33.8 Å². The van der Waals surface area contributed by atoms with Gasteiger partial charge in [0.25, 0.3) is 11.6 Å². The van der Waals surface area contributed by atoms with Crippen LogP contribution in [0.2, 0.25) is 5.02 Å². The van der Waals surface area contributed by atoms with Crippen molar-refractivity contribution in [3.05, 3.63) is 50.0 Å². The van der Waals surface area contributed by atoms with Crippen molar-refractivity contribution >= 4 is 39.7 Å². The molecule has 2 aromatic rings. The number of benzene rings is 1. The van der Waals surface area contributed by atoms with E-state index in [1.807, 2.05) is 5.38 Å². The minimum absolute atomic E-state index is 0.0368. The molecule has 7 nitrogen and oxygen atoms in total. The van der Waals surface area contributed by atoms with Crippen molar-refractivity contribution in [2.24, 2.45) is 11.8 Å². The van der Waals surface area contributed by atoms with Gasteiger partial charge in [0.1, 0.15) is 0 Å². The Labute approximate surface area is 166 Å². The van der Waals surface area contributed by atoms with Crippen molar-refractivity contribution in [2.45, 2.75) is 26.8 Å². The van der Waals surface area contributed by atoms with Gasteiger partial charge in [0.15, 0.2) is 5.13 Å². The first-order chi connectivity index (χ1) is 12.8. The lowest BCUT2D eigenvalue weighted by Crippen LogP contribution is -2.38. The maximum absolute atomic E-state index is 12.4. The second-order valence-corrected chi connectivity index (χ2v) is 8.42. The molecule has 1 fully saturated rings. The number of piperidine rings is 1. The Morgan fingerprint density at radius 1 is 1.41 bits per heavy atom. The summed E-state index contributed by atoms with van der Waals surface area (Å²) in [7, 11) is 0. The van der Waals surface area contributed by atoms with E-state index < -0.39 is 10.8 Å². The highest BCUT2D eigenvalue weighted by atomic mass is 35.5. The van der Waals surface area contributed by atoms with Crippen molar-refractivity contribution in [1.29, 1.82) is 0 Å². The smallest absolute Gasteiger partial charge is 0.270 e. The number of carbonyl (C=O) groups is 1. The highest BCUT2D eigenvalue weighted by Crippen LogP contribution is 2.26. The van der Waals surface area contributed by atoms with Crippen LogP contribution in [0, 0.1) is 22.0 Å². The van der Waals surface area contributed by atoms with E-state index in [1.54, 1.807) is 0 Å². The molecule has 0 saturated carbocycles. The van der Waals surface area contributed by atoms with E-state index in [0.717, 1.165) is 25.3 Å². The van der Waals surface area contributed by atoms with Crippen LogP contribution >= 0.6 is 22.9 Å². The zero-order valence-electron chi connectivity index (χ0n) is 15.1. The summed E-state index contributed by atoms with van der Waals surface area (Å²) in [5.74, 6) is 0.919. The van der Waals surface area contributed by atoms with Crippen molar-refractivity contribution in [1.82, 2.24) is 9.88 Å². The number of hydrogen-bond acceptors (Lipinski definition) is 6. The number of nitrogens with one attached hydrogen (secondary N) is 1. The van der Waals surface area contributed by atoms with Gasteiger partial charge >= 0.3 is 0 Å². The van der Waals surface area contributed by atoms with Crippen LogP contribution in [0.3, 0.4) is 0 Å². The molecule has 2 unspecified atom stereocenters. The van der Waals surface area contributed by atoms with Gasteiger partial charge in [-0.3, -0.25) is 25.1 Å². The lowest BCUT2D eigenvalue weighted by molar-refractivity contribution is -0.384. The molecular formula is C18H21ClN4O3S. The number of likely N-dealkylation sites (tertiary alicyclic amines) is 1. The van der Waals surface area contributed by atoms with Crippen LogP contribution in [0.15, 0.2) is 23.6 Å². The number of aromatic nitrogens is 1. The number of halogens is 1. The minimum Gasteiger partial charge on any atom is -0.298 e. The largest absolute Gasteiger partial charge is 0.298 e. The normalized spacial score (nSPS) is 20.4. The maximum atomic E-state index is 12.4. The molecule has 1 amide bonds. The standard InChI is InChI=1S/C18H21ClN4O3S/c1-11-5-12(2)8-22(7-11)9-13-10-27-18(20-13)21-17(24)15-4-3-14(23(25)26)6-16(15)19/h3-4,6,10-12H,5,7-9H2,1-2H3,(H,20,21,24). The van der Waals surface area contributed by atoms with E-state index in [-0.39, 0.29) is 16.3 Å². The molecule has 3 rings (SSSR count). The molecule has 1 aromatic heterocycles. The number of amides is 1. The first-order valence-electron chi connectivity index (χ1n) is 8.74. The molecule has 1 N–H and O–H groups in total. The first-order valence-corrected chi connectivity index (χ1v) is 9.99. The van der Waals surface area contributed by atoms with Crippen LogP contribution in [-0.2, 0) is 6.54 Å². The second kappa shape index (κ2) is 8.33. The average Bonchev–Trinajstić information content (AvgIpc) is 3.00. The molecule has 27 heavy (non-hydrogen) atoms. The van der Waals surface area contributed by atoms with Gasteiger partial charge in [-0.1, -0.05) is 25.4 Å². The number of nitrogens with zero attached hydrogens (tertiary/aromatic N) is 3. The molecule has 0 radical (unpaired) electrons. The molecule has 2 atom stereocenters. The third-order valence-corrected chi connectivity index (χ3v) is 5.63. The lowest BCUT2D eigenvalue weighted by Gasteiger charge is -2.34. The van der Waals surface area contributed by atoms with Crippen LogP contribution in [0.25, 0.3) is 0 Å². The van der Waals surface area contributed by atoms with Gasteiger partial charge in [-0.25, -0.2) is 4.98 Å². The van der Waals surface area contributed by atoms with Crippen molar-refractivity contribution in [2.75, 3.05) is 18.4 Å². The van der Waals surface area contributed by atoms with Crippen molar-refractivity contribution < 1.29 is 9.72 Å². The van der Waals surface area contributed by atoms with Crippen molar-refractivity contribution in [3.63, 3.8) is 0 Å². The van der Waals surface area contributed by atoms with Crippen LogP contribution in [0.4, 0.5) is 10.8 Å². The van der Waals surface area contributed by atoms with Gasteiger partial charge in [-0.15, -0.1) is 11.3 Å². The summed E-state index contributed by atoms with van der Waals surface area (Å²) in [5, 5.41) is 16.0. The topological polar surface area (TPSA) is 88.4 Å². The summed E-state index contributed by atoms with van der Waals surface area (Å²) in [6.07, 6.45) is 1.25. The Hall–Kier alpha value is -2.03. The Morgan fingerprint density at radius 2 is 2.11 bits per heavy atom. The maximum Gasteiger partial charge on any atom is 0.270 e. The zero-order chi connectivity index (χ0) is 19.6. The second-order valence-electron chi connectivity index (χ2n) is 7.16. The number of hydrogen-bond donors (Lipinski definition) is 1. The predicted octanol–water partition coefficient (Wildman–Crippen LogP) is 4.43. The van der Waals surface area contributed by atoms with Crippen LogP contribution < -0.4 is 5.32 Å². The fourth-order valence-corrected chi connectivity index (χ4v) is 4.51. The van der Waals surface area contributed by atoms with E-state index in [1.165, 1.54) is 36.0 Å². The summed E-state index contributed by atoms with van der Waals surface area (Å²) < 4.78 is 0. The number of rotatable bonds is 5. The number of nitro groups is 1. The van der Waals surface area contributed by atoms with Gasteiger partial charge < -0.3 is 0 Å². The quantitative estimate of drug-likeness (QED) is 0.583. The molecule has 144 valence electrons. The molecule has 0 spiro atoms. The minimum atomic E-state index is -0.553. The fourth-order valence-electron chi connectivity index (χ4n) is 3.55. The third-order valence-electron chi connectivity index (χ3n) is 4.51. The van der Waals surface area contributed by atoms with Crippen molar-refractivity contribution in [3.8, 4) is 0 Å². The fraction of sp³-hybridized carbons (Fsp3) is 0.444. The summed E-state index contributed by atoms with van der Waals surface area (Å²) in [6.45, 7) is 7.41. The Morgan fingerprint density at radius 3 is 2.74 bits per heavy atom. The van der Waals surface area contributed by atoms with E-state index in [4.69, 9.17) is 11.6 Å². The van der Waals surface area contributed by atoms with E-state index in [0.29, 0.717) is 17.0 Å². The Bertz CT molecular complexity index is 847. The Balaban J connectivity index is 1.63. The SMILES string of the molecule is CC1CC(C)CN(Cc2csc(NC(=O)c3ccc([N+](=O)[O-])cc3Cl)n2)C1. The molecule has 1 aliphatic rings. The number of nitro benzene ring substituents is 1. The molecule has 2 heterocycles. The zero-order valence-corrected chi connectivity index (χ0v) is 16.7. The van der Waals surface area contributed by atoms with Gasteiger partial charge in [0.2, 0.25) is 0 Å². The summed E-state index contributed by atoms with van der Waals surface area (Å²) in [5.41, 5.74) is 0.946. The molecular weight excluding hydrogens is 388 g/mol. The average molecular weight is 409 g/mol. The number of non-ortho nitro benzene ring substituents is 1. The molecule has 0 bridgehead atoms. The highest BCUT2D eigenvalue weighted by molar-refractivity contribution is 7.14. The molecule has 1 aromatic carbocycles. The molecule has 1 aliphatic heterocycles. The summed E-state index contributed by atoms with van der Waals surface area (Å²) >= 11 is 7.36. The van der Waals surface area contributed by atoms with Gasteiger partial charge in [0, 0.05) is 37.1 Å². The van der Waals surface area contributed by atoms with E-state index in [9.17, 15) is 14.9 Å². The number of carbonyl (C=O) groups excluding carboxylic acids is 1. The monoisotopic (exact) mass is 408 g/mol. The van der Waals surface area contributed by atoms with E-state index in [2.05, 4.69) is 29.0 Å². The van der Waals surface area contributed by atoms with Crippen LogP contribution in [0.1, 0.15) is 36.3 Å². The highest BCUT2D eigenvalue weighted by Gasteiger charge is 2.22. The van der Waals surface area contributed by atoms with Gasteiger partial charge in [-0.05, 0) is 24.3 Å². The van der Waals surface area contributed by atoms with E-state index >= 15 is 0 Å². The van der Waals surface area contributed by atoms with Crippen LogP contribution in [0.5, 0.6) is 0 Å². The van der Waals surface area contributed by atoms with Gasteiger partial charge in [-0.2, -0.15) is 0 Å². The lowest BCUT2D eigenvalue weighted by atomic mass is 9.92. The summed E-state index contributed by atoms with van der Waals surface area (Å²) in [6, 6.07) is 3.77. The van der Waals surface area contributed by atoms with Gasteiger partial charge in [0.05, 0.1) is 21.2 Å². The predicted molar refractivity (Wildman–Crippen MR) is 106 cm³/mol. The Kier molecular flexibility index (Phi) is 6.08. The number of thiazole rings is 1. The molecule has 1 saturated heterocycles. The molecule has 0 aliphatic carbocycles. The first kappa shape index (κ1) is 19.7. The summed E-state index contributed by atoms with van der Waals surface area (Å²) in [4.78, 5) is 29.5. The number of anilines is 1.